The molecule has 0 unspecified atom stereocenters. The van der Waals surface area contributed by atoms with Gasteiger partial charge in [0, 0.05) is 31.8 Å². The van der Waals surface area contributed by atoms with Crippen LogP contribution in [0.2, 0.25) is 0 Å². The molecule has 7 heteroatoms. The topological polar surface area (TPSA) is 65.5 Å². The fourth-order valence-electron chi connectivity index (χ4n) is 4.56. The SMILES string of the molecule is Cc1ccc(CN2C(=O)C3=C(CCN(C(=O)OCc4ccccc4)C3)N3CCCN=C23)cc1. The highest BCUT2D eigenvalue weighted by molar-refractivity contribution is 6.09. The number of benzene rings is 2. The molecule has 0 N–H and O–H groups in total. The van der Waals surface area contributed by atoms with Crippen molar-refractivity contribution in [1.82, 2.24) is 14.7 Å². The van der Waals surface area contributed by atoms with Crippen molar-refractivity contribution in [3.8, 4) is 0 Å². The molecule has 0 fully saturated rings. The standard InChI is InChI=1S/C26H28N4O3/c1-19-8-10-20(11-9-19)16-30-24(31)22-17-28(26(32)33-18-21-6-3-2-4-7-21)15-12-23(22)29-14-5-13-27-25(29)30/h2-4,6-11H,5,12-18H2,1H3. The molecule has 0 spiro atoms. The van der Waals surface area contributed by atoms with E-state index in [9.17, 15) is 9.59 Å². The summed E-state index contributed by atoms with van der Waals surface area (Å²) in [7, 11) is 0. The summed E-state index contributed by atoms with van der Waals surface area (Å²) in [5.41, 5.74) is 4.86. The van der Waals surface area contributed by atoms with Crippen LogP contribution in [-0.2, 0) is 22.7 Å². The molecular weight excluding hydrogens is 416 g/mol. The van der Waals surface area contributed by atoms with Gasteiger partial charge >= 0.3 is 6.09 Å². The maximum absolute atomic E-state index is 13.6. The Hall–Kier alpha value is -3.61. The van der Waals surface area contributed by atoms with E-state index in [0.29, 0.717) is 25.1 Å². The van der Waals surface area contributed by atoms with Crippen LogP contribution in [0.5, 0.6) is 0 Å². The molecule has 170 valence electrons. The van der Waals surface area contributed by atoms with E-state index in [0.717, 1.165) is 42.3 Å². The van der Waals surface area contributed by atoms with Crippen molar-refractivity contribution in [2.24, 2.45) is 4.99 Å². The Morgan fingerprint density at radius 1 is 1.03 bits per heavy atom. The summed E-state index contributed by atoms with van der Waals surface area (Å²) >= 11 is 0. The van der Waals surface area contributed by atoms with Gasteiger partial charge in [-0.15, -0.1) is 0 Å². The normalized spacial score (nSPS) is 18.0. The molecule has 0 aliphatic carbocycles. The number of aliphatic imine (C=N–C) groups is 1. The highest BCUT2D eigenvalue weighted by Gasteiger charge is 2.41. The minimum atomic E-state index is -0.388. The second-order valence-corrected chi connectivity index (χ2v) is 8.70. The Kier molecular flexibility index (Phi) is 5.86. The molecule has 0 saturated carbocycles. The second kappa shape index (κ2) is 9.10. The van der Waals surface area contributed by atoms with Gasteiger partial charge in [0.1, 0.15) is 6.61 Å². The van der Waals surface area contributed by atoms with Crippen LogP contribution >= 0.6 is 0 Å². The highest BCUT2D eigenvalue weighted by Crippen LogP contribution is 2.31. The highest BCUT2D eigenvalue weighted by atomic mass is 16.6. The first kappa shape index (κ1) is 21.2. The summed E-state index contributed by atoms with van der Waals surface area (Å²) in [5.74, 6) is 0.675. The zero-order chi connectivity index (χ0) is 22.8. The Labute approximate surface area is 194 Å². The van der Waals surface area contributed by atoms with E-state index in [1.165, 1.54) is 5.56 Å². The third-order valence-corrected chi connectivity index (χ3v) is 6.35. The number of carbonyl (C=O) groups excluding carboxylic acids is 2. The molecule has 0 bridgehead atoms. The minimum absolute atomic E-state index is 0.0666. The maximum Gasteiger partial charge on any atom is 0.410 e. The first-order valence-corrected chi connectivity index (χ1v) is 11.5. The third-order valence-electron chi connectivity index (χ3n) is 6.35. The molecular formula is C26H28N4O3. The van der Waals surface area contributed by atoms with Crippen LogP contribution in [0.15, 0.2) is 70.9 Å². The fraction of sp³-hybridized carbons (Fsp3) is 0.346. The lowest BCUT2D eigenvalue weighted by Crippen LogP contribution is -2.57. The van der Waals surface area contributed by atoms with Crippen LogP contribution in [0.25, 0.3) is 0 Å². The lowest BCUT2D eigenvalue weighted by atomic mass is 9.99. The molecule has 3 aliphatic heterocycles. The third kappa shape index (κ3) is 4.35. The van der Waals surface area contributed by atoms with Crippen molar-refractivity contribution in [3.05, 3.63) is 82.6 Å². The van der Waals surface area contributed by atoms with Crippen LogP contribution in [0, 0.1) is 6.92 Å². The first-order chi connectivity index (χ1) is 16.1. The van der Waals surface area contributed by atoms with Crippen LogP contribution < -0.4 is 0 Å². The summed E-state index contributed by atoms with van der Waals surface area (Å²) < 4.78 is 5.53. The monoisotopic (exact) mass is 444 g/mol. The Morgan fingerprint density at radius 2 is 1.82 bits per heavy atom. The van der Waals surface area contributed by atoms with Crippen molar-refractivity contribution in [2.45, 2.75) is 32.9 Å². The molecule has 0 atom stereocenters. The van der Waals surface area contributed by atoms with Gasteiger partial charge in [0.05, 0.1) is 18.7 Å². The van der Waals surface area contributed by atoms with E-state index in [4.69, 9.17) is 9.73 Å². The maximum atomic E-state index is 13.6. The minimum Gasteiger partial charge on any atom is -0.445 e. The molecule has 5 rings (SSSR count). The van der Waals surface area contributed by atoms with Gasteiger partial charge in [0.2, 0.25) is 5.96 Å². The van der Waals surface area contributed by atoms with Crippen molar-refractivity contribution < 1.29 is 14.3 Å². The number of fused-ring (bicyclic) bond motifs is 2. The number of hydrogen-bond acceptors (Lipinski definition) is 5. The van der Waals surface area contributed by atoms with Crippen LogP contribution in [0.4, 0.5) is 4.79 Å². The molecule has 33 heavy (non-hydrogen) atoms. The lowest BCUT2D eigenvalue weighted by molar-refractivity contribution is -0.125. The molecule has 2 aromatic rings. The molecule has 2 amide bonds. The van der Waals surface area contributed by atoms with Gasteiger partial charge in [0.15, 0.2) is 0 Å². The van der Waals surface area contributed by atoms with Gasteiger partial charge in [-0.05, 0) is 24.5 Å². The Balaban J connectivity index is 1.35. The molecule has 3 heterocycles. The summed E-state index contributed by atoms with van der Waals surface area (Å²) in [6.45, 7) is 5.09. The van der Waals surface area contributed by atoms with Crippen LogP contribution in [-0.4, -0.2) is 58.8 Å². The second-order valence-electron chi connectivity index (χ2n) is 8.70. The van der Waals surface area contributed by atoms with E-state index in [-0.39, 0.29) is 25.2 Å². The predicted molar refractivity (Wildman–Crippen MR) is 125 cm³/mol. The molecule has 0 radical (unpaired) electrons. The van der Waals surface area contributed by atoms with Crippen LogP contribution in [0.3, 0.4) is 0 Å². The predicted octanol–water partition coefficient (Wildman–Crippen LogP) is 3.70. The average molecular weight is 445 g/mol. The van der Waals surface area contributed by atoms with E-state index in [1.54, 1.807) is 9.80 Å². The number of carbonyl (C=O) groups is 2. The molecule has 2 aromatic carbocycles. The number of hydrogen-bond donors (Lipinski definition) is 0. The Bertz CT molecular complexity index is 1110. The number of rotatable bonds is 4. The fourth-order valence-corrected chi connectivity index (χ4v) is 4.56. The van der Waals surface area contributed by atoms with Gasteiger partial charge in [-0.2, -0.15) is 0 Å². The molecule has 7 nitrogen and oxygen atoms in total. The largest absolute Gasteiger partial charge is 0.445 e. The smallest absolute Gasteiger partial charge is 0.410 e. The van der Waals surface area contributed by atoms with Gasteiger partial charge in [-0.1, -0.05) is 60.2 Å². The van der Waals surface area contributed by atoms with E-state index < -0.39 is 0 Å². The van der Waals surface area contributed by atoms with E-state index in [2.05, 4.69) is 17.0 Å². The summed E-state index contributed by atoms with van der Waals surface area (Å²) in [4.78, 5) is 36.7. The van der Waals surface area contributed by atoms with Gasteiger partial charge < -0.3 is 14.5 Å². The first-order valence-electron chi connectivity index (χ1n) is 11.5. The van der Waals surface area contributed by atoms with Crippen LogP contribution in [0.1, 0.15) is 29.5 Å². The number of amides is 2. The van der Waals surface area contributed by atoms with E-state index in [1.807, 2.05) is 49.4 Å². The molecule has 3 aliphatic rings. The molecule has 0 aromatic heterocycles. The summed E-state index contributed by atoms with van der Waals surface area (Å²) in [6, 6.07) is 17.8. The number of aryl methyl sites for hydroxylation is 1. The average Bonchev–Trinajstić information content (AvgIpc) is 2.86. The van der Waals surface area contributed by atoms with Crippen molar-refractivity contribution in [1.29, 1.82) is 0 Å². The van der Waals surface area contributed by atoms with Gasteiger partial charge in [-0.3, -0.25) is 14.7 Å². The Morgan fingerprint density at radius 3 is 2.61 bits per heavy atom. The number of guanidine groups is 1. The van der Waals surface area contributed by atoms with Gasteiger partial charge in [-0.25, -0.2) is 4.79 Å². The van der Waals surface area contributed by atoms with Crippen molar-refractivity contribution >= 4 is 18.0 Å². The lowest BCUT2D eigenvalue weighted by Gasteiger charge is -2.45. The van der Waals surface area contributed by atoms with Crippen molar-refractivity contribution in [3.63, 3.8) is 0 Å². The van der Waals surface area contributed by atoms with Crippen molar-refractivity contribution in [2.75, 3.05) is 26.2 Å². The zero-order valence-electron chi connectivity index (χ0n) is 18.9. The molecule has 0 saturated heterocycles. The van der Waals surface area contributed by atoms with E-state index >= 15 is 0 Å². The van der Waals surface area contributed by atoms with Gasteiger partial charge in [0.25, 0.3) is 5.91 Å². The number of nitrogens with zero attached hydrogens (tertiary/aromatic N) is 4. The quantitative estimate of drug-likeness (QED) is 0.721. The summed E-state index contributed by atoms with van der Waals surface area (Å²) in [5, 5.41) is 0. The zero-order valence-corrected chi connectivity index (χ0v) is 18.9. The summed E-state index contributed by atoms with van der Waals surface area (Å²) in [6.07, 6.45) is 1.19. The number of ether oxygens (including phenoxy) is 1.